The third-order valence-corrected chi connectivity index (χ3v) is 1.85. The Bertz CT molecular complexity index is 226. The summed E-state index contributed by atoms with van der Waals surface area (Å²) in [6, 6.07) is 5.18. The summed E-state index contributed by atoms with van der Waals surface area (Å²) < 4.78 is 0. The molecule has 0 bridgehead atoms. The van der Waals surface area contributed by atoms with Crippen molar-refractivity contribution in [1.29, 1.82) is 0 Å². The molecule has 1 heterocycles. The zero-order valence-corrected chi connectivity index (χ0v) is 11.5. The molecule has 2 rings (SSSR count). The molecule has 1 aliphatic rings. The maximum atomic E-state index is 4.31. The molecule has 0 N–H and O–H groups in total. The second-order valence-electron chi connectivity index (χ2n) is 2.93. The fraction of sp³-hybridized carbons (Fsp3) is 0.545. The summed E-state index contributed by atoms with van der Waals surface area (Å²) >= 11 is 0. The van der Waals surface area contributed by atoms with Gasteiger partial charge in [0.15, 0.2) is 0 Å². The molecule has 1 aliphatic carbocycles. The van der Waals surface area contributed by atoms with Crippen LogP contribution in [0.3, 0.4) is 0 Å². The maximum Gasteiger partial charge on any atom is 0 e. The van der Waals surface area contributed by atoms with Crippen LogP contribution in [0.1, 0.15) is 43.9 Å². The molecule has 2 heteroatoms. The van der Waals surface area contributed by atoms with E-state index in [2.05, 4.69) is 11.1 Å². The van der Waals surface area contributed by atoms with Gasteiger partial charge < -0.3 is 4.98 Å². The molecule has 0 unspecified atom stereocenters. The van der Waals surface area contributed by atoms with Crippen LogP contribution in [0.5, 0.6) is 0 Å². The van der Waals surface area contributed by atoms with E-state index in [1.165, 1.54) is 18.5 Å². The van der Waals surface area contributed by atoms with E-state index < -0.39 is 0 Å². The van der Waals surface area contributed by atoms with Gasteiger partial charge in [0.05, 0.1) is 0 Å². The van der Waals surface area contributed by atoms with Gasteiger partial charge in [0, 0.05) is 32.7 Å². The number of aromatic nitrogens is 1. The molecule has 1 radical (unpaired) electrons. The topological polar surface area (TPSA) is 12.9 Å². The smallest absolute Gasteiger partial charge is 0 e. The summed E-state index contributed by atoms with van der Waals surface area (Å²) in [5.41, 5.74) is 2.36. The predicted molar refractivity (Wildman–Crippen MR) is 51.1 cm³/mol. The number of hydrogen-bond donors (Lipinski definition) is 0. The van der Waals surface area contributed by atoms with E-state index in [1.54, 1.807) is 0 Å². The SMILES string of the molecule is CC.Cc1[c-]cc(C2CC2)nc1.[Y]. The first-order valence-electron chi connectivity index (χ1n) is 4.70. The summed E-state index contributed by atoms with van der Waals surface area (Å²) in [5.74, 6) is 0.761. The zero-order valence-electron chi connectivity index (χ0n) is 8.67. The molecule has 0 saturated heterocycles. The minimum Gasteiger partial charge on any atom is -0.387 e. The van der Waals surface area contributed by atoms with Crippen LogP contribution in [0.4, 0.5) is 0 Å². The van der Waals surface area contributed by atoms with Crippen molar-refractivity contribution in [2.45, 2.75) is 39.5 Å². The van der Waals surface area contributed by atoms with Crippen molar-refractivity contribution in [3.8, 4) is 0 Å². The van der Waals surface area contributed by atoms with Crippen molar-refractivity contribution in [3.05, 3.63) is 29.6 Å². The molecular weight excluding hydrogens is 235 g/mol. The molecule has 0 aliphatic heterocycles. The second-order valence-corrected chi connectivity index (χ2v) is 2.93. The minimum atomic E-state index is 0. The van der Waals surface area contributed by atoms with Gasteiger partial charge in [-0.15, -0.1) is 5.56 Å². The summed E-state index contributed by atoms with van der Waals surface area (Å²) in [6.45, 7) is 6.02. The van der Waals surface area contributed by atoms with Gasteiger partial charge in [-0.3, -0.25) is 0 Å². The Morgan fingerprint density at radius 2 is 2.00 bits per heavy atom. The Morgan fingerprint density at radius 3 is 2.38 bits per heavy atom. The molecular formula is C11H16NY-. The van der Waals surface area contributed by atoms with Gasteiger partial charge in [-0.05, 0) is 5.92 Å². The van der Waals surface area contributed by atoms with Crippen molar-refractivity contribution in [2.75, 3.05) is 0 Å². The molecule has 69 valence electrons. The Balaban J connectivity index is 0.000000451. The third kappa shape index (κ3) is 4.33. The number of nitrogens with zero attached hydrogens (tertiary/aromatic N) is 1. The molecule has 0 aromatic carbocycles. The quantitative estimate of drug-likeness (QED) is 0.699. The molecule has 1 nitrogen and oxygen atoms in total. The van der Waals surface area contributed by atoms with Gasteiger partial charge in [-0.1, -0.05) is 45.5 Å². The van der Waals surface area contributed by atoms with Crippen molar-refractivity contribution in [1.82, 2.24) is 4.98 Å². The van der Waals surface area contributed by atoms with E-state index in [1.807, 2.05) is 33.0 Å². The Hall–Kier alpha value is 0.254. The van der Waals surface area contributed by atoms with Crippen LogP contribution in [0.25, 0.3) is 0 Å². The van der Waals surface area contributed by atoms with Crippen LogP contribution in [-0.4, -0.2) is 4.98 Å². The largest absolute Gasteiger partial charge is 0.387 e. The summed E-state index contributed by atoms with van der Waals surface area (Å²) in [5, 5.41) is 0. The van der Waals surface area contributed by atoms with Gasteiger partial charge >= 0.3 is 0 Å². The Morgan fingerprint density at radius 1 is 1.38 bits per heavy atom. The van der Waals surface area contributed by atoms with E-state index in [0.29, 0.717) is 0 Å². The van der Waals surface area contributed by atoms with Gasteiger partial charge in [-0.25, -0.2) is 0 Å². The van der Waals surface area contributed by atoms with Gasteiger partial charge in [0.25, 0.3) is 0 Å². The molecule has 1 aromatic heterocycles. The first-order valence-corrected chi connectivity index (χ1v) is 4.70. The van der Waals surface area contributed by atoms with Crippen LogP contribution in [-0.2, 0) is 32.7 Å². The first kappa shape index (κ1) is 13.3. The molecule has 13 heavy (non-hydrogen) atoms. The Labute approximate surface area is 106 Å². The minimum absolute atomic E-state index is 0. The van der Waals surface area contributed by atoms with Crippen molar-refractivity contribution < 1.29 is 32.7 Å². The summed E-state index contributed by atoms with van der Waals surface area (Å²) in [7, 11) is 0. The Kier molecular flexibility index (Phi) is 6.80. The number of pyridine rings is 1. The summed E-state index contributed by atoms with van der Waals surface area (Å²) in [6.07, 6.45) is 4.54. The molecule has 1 saturated carbocycles. The monoisotopic (exact) mass is 251 g/mol. The van der Waals surface area contributed by atoms with Crippen LogP contribution in [0, 0.1) is 13.0 Å². The van der Waals surface area contributed by atoms with Gasteiger partial charge in [0.2, 0.25) is 0 Å². The average molecular weight is 251 g/mol. The van der Waals surface area contributed by atoms with Crippen molar-refractivity contribution in [3.63, 3.8) is 0 Å². The molecule has 0 spiro atoms. The molecule has 1 fully saturated rings. The van der Waals surface area contributed by atoms with E-state index in [9.17, 15) is 0 Å². The van der Waals surface area contributed by atoms with Gasteiger partial charge in [0.1, 0.15) is 0 Å². The van der Waals surface area contributed by atoms with Crippen LogP contribution in [0.2, 0.25) is 0 Å². The number of aryl methyl sites for hydroxylation is 1. The normalized spacial score (nSPS) is 13.8. The number of hydrogen-bond acceptors (Lipinski definition) is 1. The van der Waals surface area contributed by atoms with E-state index >= 15 is 0 Å². The summed E-state index contributed by atoms with van der Waals surface area (Å²) in [4.78, 5) is 4.31. The van der Waals surface area contributed by atoms with Crippen LogP contribution in [0.15, 0.2) is 12.3 Å². The van der Waals surface area contributed by atoms with Crippen LogP contribution >= 0.6 is 0 Å². The molecule has 0 amide bonds. The molecule has 0 atom stereocenters. The van der Waals surface area contributed by atoms with Gasteiger partial charge in [-0.2, -0.15) is 12.1 Å². The zero-order chi connectivity index (χ0) is 8.97. The fourth-order valence-electron chi connectivity index (χ4n) is 1.04. The average Bonchev–Trinajstić information content (AvgIpc) is 2.93. The molecule has 1 aromatic rings. The second kappa shape index (κ2) is 6.67. The van der Waals surface area contributed by atoms with Crippen molar-refractivity contribution >= 4 is 0 Å². The first-order chi connectivity index (χ1) is 5.86. The third-order valence-electron chi connectivity index (χ3n) is 1.85. The predicted octanol–water partition coefficient (Wildman–Crippen LogP) is 3.09. The number of rotatable bonds is 1. The van der Waals surface area contributed by atoms with E-state index in [4.69, 9.17) is 0 Å². The van der Waals surface area contributed by atoms with Crippen LogP contribution < -0.4 is 0 Å². The van der Waals surface area contributed by atoms with E-state index in [-0.39, 0.29) is 32.7 Å². The van der Waals surface area contributed by atoms with E-state index in [0.717, 1.165) is 11.5 Å². The standard InChI is InChI=1S/C9H10N.C2H6.Y/c1-7-2-5-9(10-6-7)8-3-4-8;1-2;/h5-6,8H,3-4H2,1H3;1-2H3;/q-1;;. The maximum absolute atomic E-state index is 4.31. The fourth-order valence-corrected chi connectivity index (χ4v) is 1.04. The van der Waals surface area contributed by atoms with Crippen molar-refractivity contribution in [2.24, 2.45) is 0 Å².